The number of nitrogens with one attached hydrogen (secondary N) is 1. The Hall–Kier alpha value is -1.82. The molecule has 3 rings (SSSR count). The molecule has 0 atom stereocenters. The van der Waals surface area contributed by atoms with Gasteiger partial charge in [0.05, 0.1) is 0 Å². The zero-order valence-electron chi connectivity index (χ0n) is 13.3. The third-order valence-corrected chi connectivity index (χ3v) is 5.21. The van der Waals surface area contributed by atoms with Crippen LogP contribution in [0.15, 0.2) is 18.3 Å². The number of hydrogen-bond acceptors (Lipinski definition) is 3. The molecule has 2 aliphatic heterocycles. The fourth-order valence-electron chi connectivity index (χ4n) is 3.65. The van der Waals surface area contributed by atoms with Crippen molar-refractivity contribution in [3.05, 3.63) is 24.0 Å². The largest absolute Gasteiger partial charge is 0.357 e. The number of aromatic nitrogens is 1. The van der Waals surface area contributed by atoms with E-state index in [-0.39, 0.29) is 11.8 Å². The van der Waals surface area contributed by atoms with E-state index in [2.05, 4.69) is 9.88 Å². The van der Waals surface area contributed by atoms with E-state index in [1.54, 1.807) is 12.3 Å². The van der Waals surface area contributed by atoms with E-state index in [1.165, 1.54) is 0 Å². The average molecular weight is 304 g/mol. The summed E-state index contributed by atoms with van der Waals surface area (Å²) in [4.78, 5) is 34.2. The molecule has 6 heteroatoms. The van der Waals surface area contributed by atoms with E-state index in [9.17, 15) is 9.59 Å². The Morgan fingerprint density at radius 3 is 2.59 bits per heavy atom. The van der Waals surface area contributed by atoms with Gasteiger partial charge in [0.1, 0.15) is 11.2 Å². The molecule has 0 aliphatic carbocycles. The van der Waals surface area contributed by atoms with Crippen LogP contribution in [0, 0.1) is 0 Å². The van der Waals surface area contributed by atoms with E-state index in [0.717, 1.165) is 19.6 Å². The molecule has 22 heavy (non-hydrogen) atoms. The van der Waals surface area contributed by atoms with Crippen molar-refractivity contribution < 1.29 is 9.59 Å². The normalized spacial score (nSPS) is 22.4. The number of hydrogen-bond donors (Lipinski definition) is 1. The van der Waals surface area contributed by atoms with Gasteiger partial charge in [0.25, 0.3) is 5.91 Å². The summed E-state index contributed by atoms with van der Waals surface area (Å²) in [6.45, 7) is 5.76. The van der Waals surface area contributed by atoms with Gasteiger partial charge in [-0.15, -0.1) is 0 Å². The number of carbonyl (C=O) groups is 2. The number of amides is 2. The van der Waals surface area contributed by atoms with Crippen molar-refractivity contribution in [3.63, 3.8) is 0 Å². The third-order valence-electron chi connectivity index (χ3n) is 5.21. The molecular formula is C16H24N4O2. The smallest absolute Gasteiger partial charge is 0.270 e. The summed E-state index contributed by atoms with van der Waals surface area (Å²) in [6, 6.07) is 3.62. The van der Waals surface area contributed by atoms with Crippen molar-refractivity contribution in [1.29, 1.82) is 0 Å². The summed E-state index contributed by atoms with van der Waals surface area (Å²) in [5.74, 6) is 0.258. The lowest BCUT2D eigenvalue weighted by molar-refractivity contribution is -0.153. The minimum atomic E-state index is -0.416. The molecule has 2 aliphatic rings. The molecule has 1 aromatic rings. The third kappa shape index (κ3) is 2.31. The summed E-state index contributed by atoms with van der Waals surface area (Å²) >= 11 is 0. The van der Waals surface area contributed by atoms with Crippen LogP contribution in [0.25, 0.3) is 0 Å². The first-order valence-corrected chi connectivity index (χ1v) is 8.02. The van der Waals surface area contributed by atoms with Gasteiger partial charge in [-0.2, -0.15) is 0 Å². The molecule has 2 amide bonds. The molecule has 1 aromatic heterocycles. The highest BCUT2D eigenvalue weighted by molar-refractivity contribution is 5.93. The van der Waals surface area contributed by atoms with Crippen LogP contribution >= 0.6 is 0 Å². The highest BCUT2D eigenvalue weighted by Crippen LogP contribution is 2.33. The molecule has 0 radical (unpaired) electrons. The van der Waals surface area contributed by atoms with Crippen molar-refractivity contribution in [2.75, 3.05) is 39.8 Å². The lowest BCUT2D eigenvalue weighted by Gasteiger charge is -2.51. The lowest BCUT2D eigenvalue weighted by atomic mass is 9.82. The van der Waals surface area contributed by atoms with Crippen LogP contribution in [-0.2, 0) is 4.79 Å². The topological polar surface area (TPSA) is 59.6 Å². The first kappa shape index (κ1) is 15.1. The average Bonchev–Trinajstić information content (AvgIpc) is 3.07. The Morgan fingerprint density at radius 2 is 2.00 bits per heavy atom. The number of aromatic amines is 1. The summed E-state index contributed by atoms with van der Waals surface area (Å²) in [6.07, 6.45) is 3.19. The van der Waals surface area contributed by atoms with Crippen LogP contribution < -0.4 is 0 Å². The van der Waals surface area contributed by atoms with Crippen molar-refractivity contribution in [1.82, 2.24) is 19.7 Å². The Morgan fingerprint density at radius 1 is 1.27 bits per heavy atom. The molecular weight excluding hydrogens is 280 g/mol. The molecule has 2 fully saturated rings. The quantitative estimate of drug-likeness (QED) is 0.878. The Balaban J connectivity index is 1.72. The SMILES string of the molecule is CCN1CCN(C)C2(CCN(C(=O)c3ccc[nH]3)CC2)C1=O. The number of rotatable bonds is 2. The highest BCUT2D eigenvalue weighted by atomic mass is 16.2. The molecule has 0 bridgehead atoms. The van der Waals surface area contributed by atoms with Crippen molar-refractivity contribution in [2.45, 2.75) is 25.3 Å². The van der Waals surface area contributed by atoms with E-state index >= 15 is 0 Å². The van der Waals surface area contributed by atoms with Gasteiger partial charge in [-0.3, -0.25) is 14.5 Å². The number of likely N-dealkylation sites (N-methyl/N-ethyl adjacent to an activating group) is 2. The van der Waals surface area contributed by atoms with Gasteiger partial charge in [-0.1, -0.05) is 0 Å². The molecule has 1 N–H and O–H groups in total. The van der Waals surface area contributed by atoms with E-state index in [0.29, 0.717) is 31.6 Å². The first-order chi connectivity index (χ1) is 10.6. The van der Waals surface area contributed by atoms with Gasteiger partial charge in [0.15, 0.2) is 0 Å². The molecule has 2 saturated heterocycles. The first-order valence-electron chi connectivity index (χ1n) is 8.02. The number of piperidine rings is 1. The predicted molar refractivity (Wildman–Crippen MR) is 83.5 cm³/mol. The second-order valence-corrected chi connectivity index (χ2v) is 6.21. The van der Waals surface area contributed by atoms with Gasteiger partial charge in [-0.05, 0) is 38.9 Å². The maximum absolute atomic E-state index is 12.8. The van der Waals surface area contributed by atoms with Crippen molar-refractivity contribution in [3.8, 4) is 0 Å². The van der Waals surface area contributed by atoms with Crippen LogP contribution in [-0.4, -0.2) is 76.8 Å². The van der Waals surface area contributed by atoms with Gasteiger partial charge in [0.2, 0.25) is 5.91 Å². The van der Waals surface area contributed by atoms with E-state index < -0.39 is 5.54 Å². The number of nitrogens with zero attached hydrogens (tertiary/aromatic N) is 3. The Kier molecular flexibility index (Phi) is 3.95. The molecule has 0 unspecified atom stereocenters. The van der Waals surface area contributed by atoms with E-state index in [1.807, 2.05) is 29.8 Å². The number of carbonyl (C=O) groups excluding carboxylic acids is 2. The maximum Gasteiger partial charge on any atom is 0.270 e. The molecule has 120 valence electrons. The van der Waals surface area contributed by atoms with Crippen molar-refractivity contribution >= 4 is 11.8 Å². The van der Waals surface area contributed by atoms with Crippen molar-refractivity contribution in [2.24, 2.45) is 0 Å². The number of piperazine rings is 1. The monoisotopic (exact) mass is 304 g/mol. The molecule has 6 nitrogen and oxygen atoms in total. The summed E-state index contributed by atoms with van der Waals surface area (Å²) in [5.41, 5.74) is 0.204. The minimum Gasteiger partial charge on any atom is -0.357 e. The van der Waals surface area contributed by atoms with Crippen LogP contribution in [0.3, 0.4) is 0 Å². The van der Waals surface area contributed by atoms with Crippen LogP contribution in [0.1, 0.15) is 30.3 Å². The summed E-state index contributed by atoms with van der Waals surface area (Å²) in [7, 11) is 2.04. The lowest BCUT2D eigenvalue weighted by Crippen LogP contribution is -2.67. The maximum atomic E-state index is 12.8. The zero-order chi connectivity index (χ0) is 15.7. The predicted octanol–water partition coefficient (Wildman–Crippen LogP) is 0.783. The van der Waals surface area contributed by atoms with Gasteiger partial charge in [-0.25, -0.2) is 0 Å². The minimum absolute atomic E-state index is 0.0260. The zero-order valence-corrected chi connectivity index (χ0v) is 13.3. The second kappa shape index (κ2) is 5.76. The molecule has 3 heterocycles. The number of H-pyrrole nitrogens is 1. The van der Waals surface area contributed by atoms with Crippen LogP contribution in [0.5, 0.6) is 0 Å². The summed E-state index contributed by atoms with van der Waals surface area (Å²) < 4.78 is 0. The van der Waals surface area contributed by atoms with Gasteiger partial charge < -0.3 is 14.8 Å². The van der Waals surface area contributed by atoms with Crippen LogP contribution in [0.2, 0.25) is 0 Å². The number of likely N-dealkylation sites (tertiary alicyclic amines) is 1. The highest BCUT2D eigenvalue weighted by Gasteiger charge is 2.49. The standard InChI is InChI=1S/C16H24N4O2/c1-3-19-12-11-18(2)16(15(19)22)6-9-20(10-7-16)14(21)13-5-4-8-17-13/h4-5,8,17H,3,6-7,9-12H2,1-2H3. The van der Waals surface area contributed by atoms with Gasteiger partial charge in [0, 0.05) is 38.9 Å². The molecule has 0 aromatic carbocycles. The molecule has 0 saturated carbocycles. The molecule has 1 spiro atoms. The summed E-state index contributed by atoms with van der Waals surface area (Å²) in [5, 5.41) is 0. The van der Waals surface area contributed by atoms with Crippen LogP contribution in [0.4, 0.5) is 0 Å². The Labute approximate surface area is 131 Å². The Bertz CT molecular complexity index is 547. The van der Waals surface area contributed by atoms with Gasteiger partial charge >= 0.3 is 0 Å². The second-order valence-electron chi connectivity index (χ2n) is 6.21. The fourth-order valence-corrected chi connectivity index (χ4v) is 3.65. The fraction of sp³-hybridized carbons (Fsp3) is 0.625. The van der Waals surface area contributed by atoms with E-state index in [4.69, 9.17) is 0 Å².